The van der Waals surface area contributed by atoms with Crippen molar-refractivity contribution in [2.75, 3.05) is 19.6 Å². The van der Waals surface area contributed by atoms with Crippen molar-refractivity contribution in [3.8, 4) is 0 Å². The average molecular weight is 474 g/mol. The van der Waals surface area contributed by atoms with Crippen LogP contribution >= 0.6 is 11.6 Å². The number of hydrogen-bond acceptors (Lipinski definition) is 5. The number of aliphatic hydroxyl groups is 1. The number of rotatable bonds is 21. The highest BCUT2D eigenvalue weighted by Gasteiger charge is 2.33. The smallest absolute Gasteiger partial charge is 0.229 e. The van der Waals surface area contributed by atoms with Crippen LogP contribution in [0.3, 0.4) is 0 Å². The van der Waals surface area contributed by atoms with E-state index in [1.807, 2.05) is 0 Å². The van der Waals surface area contributed by atoms with Crippen LogP contribution in [0.1, 0.15) is 117 Å². The lowest BCUT2D eigenvalue weighted by Gasteiger charge is -2.26. The fourth-order valence-electron chi connectivity index (χ4n) is 4.38. The number of halogens is 1. The largest absolute Gasteiger partial charge is 0.389 e. The van der Waals surface area contributed by atoms with Gasteiger partial charge in [0.15, 0.2) is 0 Å². The minimum Gasteiger partial charge on any atom is -0.389 e. The molecule has 0 fully saturated rings. The molecule has 3 atom stereocenters. The fraction of sp³-hybridized carbons (Fsp3) is 0.960. The Hall–Kier alpha value is -0.880. The first-order chi connectivity index (χ1) is 15.5. The molecule has 1 aliphatic heterocycles. The van der Waals surface area contributed by atoms with E-state index in [2.05, 4.69) is 16.8 Å². The molecule has 1 aliphatic rings. The van der Waals surface area contributed by atoms with Gasteiger partial charge in [-0.15, -0.1) is 11.6 Å². The van der Waals surface area contributed by atoms with E-state index in [9.17, 15) is 15.2 Å². The van der Waals surface area contributed by atoms with Gasteiger partial charge in [-0.1, -0.05) is 96.8 Å². The van der Waals surface area contributed by atoms with Gasteiger partial charge in [0.2, 0.25) is 6.04 Å². The number of nitro groups is 1. The Balaban J connectivity index is 1.99. The van der Waals surface area contributed by atoms with Crippen LogP contribution in [0, 0.1) is 10.1 Å². The van der Waals surface area contributed by atoms with E-state index < -0.39 is 22.4 Å². The van der Waals surface area contributed by atoms with Crippen LogP contribution in [0.2, 0.25) is 0 Å². The summed E-state index contributed by atoms with van der Waals surface area (Å²) in [5.41, 5.74) is 0. The highest BCUT2D eigenvalue weighted by molar-refractivity contribution is 6.21. The summed E-state index contributed by atoms with van der Waals surface area (Å²) in [6.07, 6.45) is 20.2. The monoisotopic (exact) mass is 473 g/mol. The third-order valence-electron chi connectivity index (χ3n) is 6.60. The van der Waals surface area contributed by atoms with E-state index in [0.717, 1.165) is 31.8 Å². The lowest BCUT2D eigenvalue weighted by molar-refractivity contribution is -0.519. The minimum atomic E-state index is -0.967. The molecule has 0 aromatic rings. The van der Waals surface area contributed by atoms with Gasteiger partial charge in [-0.2, -0.15) is 0 Å². The van der Waals surface area contributed by atoms with Gasteiger partial charge < -0.3 is 10.0 Å². The lowest BCUT2D eigenvalue weighted by Crippen LogP contribution is -2.44. The Morgan fingerprint density at radius 1 is 0.969 bits per heavy atom. The van der Waals surface area contributed by atoms with Crippen LogP contribution in [0.25, 0.3) is 0 Å². The summed E-state index contributed by atoms with van der Waals surface area (Å²) < 4.78 is 0. The van der Waals surface area contributed by atoms with Crippen LogP contribution in [-0.4, -0.2) is 57.9 Å². The zero-order chi connectivity index (χ0) is 23.6. The average Bonchev–Trinajstić information content (AvgIpc) is 3.21. The van der Waals surface area contributed by atoms with Crippen molar-refractivity contribution in [2.24, 2.45) is 4.99 Å². The molecular formula is C25H48ClN3O3. The Labute approximate surface area is 201 Å². The predicted octanol–water partition coefficient (Wildman–Crippen LogP) is 6.60. The van der Waals surface area contributed by atoms with Crippen LogP contribution in [0.5, 0.6) is 0 Å². The van der Waals surface area contributed by atoms with E-state index in [1.54, 1.807) is 0 Å². The van der Waals surface area contributed by atoms with Crippen molar-refractivity contribution in [3.63, 3.8) is 0 Å². The molecule has 1 N–H and O–H groups in total. The topological polar surface area (TPSA) is 79.0 Å². The van der Waals surface area contributed by atoms with E-state index >= 15 is 0 Å². The van der Waals surface area contributed by atoms with Gasteiger partial charge in [0.25, 0.3) is 0 Å². The SMILES string of the molecule is CCCCCCCCCCCCCCCCCC1=NCCN1CC(O)C(Cl)C(C)[N+](=O)[O-]. The maximum atomic E-state index is 10.9. The first-order valence-electron chi connectivity index (χ1n) is 13.2. The second-order valence-corrected chi connectivity index (χ2v) is 9.99. The third kappa shape index (κ3) is 13.0. The standard InChI is InChI=1S/C25H48ClN3O3/c1-3-4-5-6-7-8-9-10-11-12-13-14-15-16-17-18-24-27-19-20-28(24)21-23(30)25(26)22(2)29(31)32/h22-23,25,30H,3-21H2,1-2H3. The summed E-state index contributed by atoms with van der Waals surface area (Å²) in [6, 6.07) is -0.967. The van der Waals surface area contributed by atoms with E-state index in [4.69, 9.17) is 11.6 Å². The third-order valence-corrected chi connectivity index (χ3v) is 7.26. The molecule has 6 nitrogen and oxygen atoms in total. The molecule has 1 rings (SSSR count). The Morgan fingerprint density at radius 2 is 1.44 bits per heavy atom. The van der Waals surface area contributed by atoms with Gasteiger partial charge in [0, 0.05) is 31.4 Å². The fourth-order valence-corrected chi connectivity index (χ4v) is 4.55. The summed E-state index contributed by atoms with van der Waals surface area (Å²) in [5, 5.41) is 20.3. The van der Waals surface area contributed by atoms with Crippen LogP contribution in [0.15, 0.2) is 4.99 Å². The maximum Gasteiger partial charge on any atom is 0.229 e. The molecule has 32 heavy (non-hydrogen) atoms. The van der Waals surface area contributed by atoms with Crippen molar-refractivity contribution in [1.82, 2.24) is 4.90 Å². The van der Waals surface area contributed by atoms with Gasteiger partial charge in [-0.05, 0) is 6.42 Å². The van der Waals surface area contributed by atoms with Crippen LogP contribution in [-0.2, 0) is 0 Å². The predicted molar refractivity (Wildman–Crippen MR) is 136 cm³/mol. The summed E-state index contributed by atoms with van der Waals surface area (Å²) in [5.74, 6) is 1.02. The molecule has 0 aromatic heterocycles. The molecule has 0 radical (unpaired) electrons. The molecule has 0 aliphatic carbocycles. The Morgan fingerprint density at radius 3 is 1.91 bits per heavy atom. The van der Waals surface area contributed by atoms with Gasteiger partial charge in [-0.3, -0.25) is 15.1 Å². The highest BCUT2D eigenvalue weighted by Crippen LogP contribution is 2.17. The number of amidine groups is 1. The molecule has 0 bridgehead atoms. The molecule has 0 aromatic carbocycles. The maximum absolute atomic E-state index is 10.9. The van der Waals surface area contributed by atoms with Crippen LogP contribution in [0.4, 0.5) is 0 Å². The molecule has 188 valence electrons. The van der Waals surface area contributed by atoms with E-state index in [-0.39, 0.29) is 0 Å². The van der Waals surface area contributed by atoms with Crippen molar-refractivity contribution < 1.29 is 10.0 Å². The number of alkyl halides is 1. The van der Waals surface area contributed by atoms with E-state index in [0.29, 0.717) is 6.54 Å². The normalized spacial score (nSPS) is 16.8. The van der Waals surface area contributed by atoms with Crippen LogP contribution < -0.4 is 0 Å². The number of nitrogens with zero attached hydrogens (tertiary/aromatic N) is 3. The van der Waals surface area contributed by atoms with Gasteiger partial charge in [0.05, 0.1) is 18.5 Å². The minimum absolute atomic E-state index is 0.323. The second-order valence-electron chi connectivity index (χ2n) is 9.48. The molecule has 3 unspecified atom stereocenters. The van der Waals surface area contributed by atoms with Gasteiger partial charge >= 0.3 is 0 Å². The molecule has 0 saturated heterocycles. The summed E-state index contributed by atoms with van der Waals surface area (Å²) in [7, 11) is 0. The number of hydrogen-bond donors (Lipinski definition) is 1. The molecule has 0 saturated carbocycles. The summed E-state index contributed by atoms with van der Waals surface area (Å²) >= 11 is 6.09. The van der Waals surface area contributed by atoms with Crippen molar-refractivity contribution in [2.45, 2.75) is 134 Å². The number of unbranched alkanes of at least 4 members (excludes halogenated alkanes) is 14. The second kappa shape index (κ2) is 18.5. The lowest BCUT2D eigenvalue weighted by atomic mass is 10.0. The number of aliphatic imine (C=N–C) groups is 1. The summed E-state index contributed by atoms with van der Waals surface area (Å²) in [4.78, 5) is 17.1. The molecule has 7 heteroatoms. The van der Waals surface area contributed by atoms with Crippen molar-refractivity contribution in [1.29, 1.82) is 0 Å². The Bertz CT molecular complexity index is 519. The highest BCUT2D eigenvalue weighted by atomic mass is 35.5. The first-order valence-corrected chi connectivity index (χ1v) is 13.6. The zero-order valence-electron chi connectivity index (χ0n) is 20.7. The quantitative estimate of drug-likeness (QED) is 0.0881. The van der Waals surface area contributed by atoms with Gasteiger partial charge in [0.1, 0.15) is 5.38 Å². The van der Waals surface area contributed by atoms with E-state index in [1.165, 1.54) is 96.8 Å². The van der Waals surface area contributed by atoms with Crippen molar-refractivity contribution >= 4 is 17.4 Å². The first kappa shape index (κ1) is 29.2. The van der Waals surface area contributed by atoms with Gasteiger partial charge in [-0.25, -0.2) is 0 Å². The molecule has 0 amide bonds. The number of β-amino-alcohol motifs (C(OH)–C–C–N with tert-alkyl or cyclic N) is 1. The Kier molecular flexibility index (Phi) is 16.9. The molecule has 0 spiro atoms. The summed E-state index contributed by atoms with van der Waals surface area (Å²) in [6.45, 7) is 5.54. The number of aliphatic hydroxyl groups excluding tert-OH is 1. The van der Waals surface area contributed by atoms with Crippen molar-refractivity contribution in [3.05, 3.63) is 10.1 Å². The molecule has 1 heterocycles. The molecular weight excluding hydrogens is 426 g/mol. The zero-order valence-corrected chi connectivity index (χ0v) is 21.4.